The number of likely N-dealkylation sites (tertiary alicyclic amines) is 1. The van der Waals surface area contributed by atoms with Gasteiger partial charge in [-0.25, -0.2) is 14.1 Å². The van der Waals surface area contributed by atoms with Gasteiger partial charge in [-0.05, 0) is 40.0 Å². The number of nitrogens with zero attached hydrogens (tertiary/aromatic N) is 5. The molecule has 1 saturated heterocycles. The van der Waals surface area contributed by atoms with Crippen molar-refractivity contribution in [1.29, 1.82) is 0 Å². The van der Waals surface area contributed by atoms with E-state index in [1.807, 2.05) is 17.9 Å². The number of piperidine rings is 1. The summed E-state index contributed by atoms with van der Waals surface area (Å²) >= 11 is 0. The first-order chi connectivity index (χ1) is 13.0. The lowest BCUT2D eigenvalue weighted by Gasteiger charge is -2.35. The lowest BCUT2D eigenvalue weighted by Crippen LogP contribution is -2.39. The molecule has 4 heterocycles. The average molecular weight is 370 g/mol. The highest BCUT2D eigenvalue weighted by Crippen LogP contribution is 2.31. The third kappa shape index (κ3) is 3.02. The lowest BCUT2D eigenvalue weighted by molar-refractivity contribution is -0.134. The summed E-state index contributed by atoms with van der Waals surface area (Å²) < 4.78 is 6.16. The molecule has 1 fully saturated rings. The smallest absolute Gasteiger partial charge is 0.275 e. The molecule has 0 aliphatic carbocycles. The van der Waals surface area contributed by atoms with E-state index in [4.69, 9.17) is 4.63 Å². The van der Waals surface area contributed by atoms with Gasteiger partial charge in [-0.3, -0.25) is 14.7 Å². The largest absolute Gasteiger partial charge is 0.334 e. The van der Waals surface area contributed by atoms with Gasteiger partial charge in [-0.15, -0.1) is 0 Å². The average Bonchev–Trinajstić information content (AvgIpc) is 3.26. The van der Waals surface area contributed by atoms with Crippen LogP contribution >= 0.6 is 0 Å². The van der Waals surface area contributed by atoms with Crippen LogP contribution in [-0.2, 0) is 11.2 Å². The van der Waals surface area contributed by atoms with Crippen LogP contribution in [0, 0.1) is 20.8 Å². The highest BCUT2D eigenvalue weighted by atomic mass is 16.6. The molecule has 9 nitrogen and oxygen atoms in total. The Kier molecular flexibility index (Phi) is 4.29. The quantitative estimate of drug-likeness (QED) is 0.750. The number of aromatic nitrogens is 5. The van der Waals surface area contributed by atoms with Crippen LogP contribution in [0.4, 0.5) is 0 Å². The monoisotopic (exact) mass is 370 g/mol. The molecule has 0 unspecified atom stereocenters. The summed E-state index contributed by atoms with van der Waals surface area (Å²) in [6.45, 7) is 6.04. The highest BCUT2D eigenvalue weighted by Gasteiger charge is 2.30. The van der Waals surface area contributed by atoms with Crippen molar-refractivity contribution < 1.29 is 9.42 Å². The van der Waals surface area contributed by atoms with Crippen molar-refractivity contribution in [3.8, 4) is 0 Å². The molecule has 1 amide bonds. The first kappa shape index (κ1) is 17.4. The van der Waals surface area contributed by atoms with Crippen LogP contribution in [-0.4, -0.2) is 42.3 Å². The Morgan fingerprint density at radius 2 is 2.07 bits per heavy atom. The zero-order valence-corrected chi connectivity index (χ0v) is 15.7. The fourth-order valence-corrected chi connectivity index (χ4v) is 3.62. The Morgan fingerprint density at radius 3 is 2.81 bits per heavy atom. The van der Waals surface area contributed by atoms with E-state index in [1.54, 1.807) is 13.8 Å². The number of carbonyl (C=O) groups excluding carboxylic acids is 1. The molecule has 3 aromatic heterocycles. The first-order valence-electron chi connectivity index (χ1n) is 9.12. The third-order valence-corrected chi connectivity index (χ3v) is 5.35. The zero-order chi connectivity index (χ0) is 19.1. The van der Waals surface area contributed by atoms with Gasteiger partial charge in [-0.2, -0.15) is 0 Å². The van der Waals surface area contributed by atoms with Crippen molar-refractivity contribution in [2.24, 2.45) is 0 Å². The van der Waals surface area contributed by atoms with E-state index in [2.05, 4.69) is 20.4 Å². The van der Waals surface area contributed by atoms with Crippen LogP contribution in [0.1, 0.15) is 53.6 Å². The van der Waals surface area contributed by atoms with Crippen molar-refractivity contribution in [2.75, 3.05) is 6.54 Å². The number of fused-ring (bicyclic) bond motifs is 1. The standard InChI is InChI=1S/C18H22N6O3/c1-10-11(2)19-16-8-14(20-24(16)18(10)26)15-6-4-5-7-23(15)17(25)9-13-12(3)21-27-22-13/h8,15,20H,4-7,9H2,1-3H3/t15-/m1/s1. The second-order valence-corrected chi connectivity index (χ2v) is 7.10. The lowest BCUT2D eigenvalue weighted by atomic mass is 9.98. The SMILES string of the molecule is Cc1nonc1CC(=O)N1CCCC[C@@H]1c1cc2nc(C)c(C)c(=O)n2[nH]1. The molecular formula is C18H22N6O3. The predicted molar refractivity (Wildman–Crippen MR) is 96.3 cm³/mol. The predicted octanol–water partition coefficient (Wildman–Crippen LogP) is 1.63. The summed E-state index contributed by atoms with van der Waals surface area (Å²) in [6, 6.07) is 1.75. The van der Waals surface area contributed by atoms with Crippen molar-refractivity contribution in [3.05, 3.63) is 44.8 Å². The molecule has 1 atom stereocenters. The summed E-state index contributed by atoms with van der Waals surface area (Å²) in [4.78, 5) is 31.8. The summed E-state index contributed by atoms with van der Waals surface area (Å²) in [7, 11) is 0. The van der Waals surface area contributed by atoms with E-state index in [1.165, 1.54) is 4.52 Å². The van der Waals surface area contributed by atoms with Gasteiger partial charge in [-0.1, -0.05) is 10.3 Å². The van der Waals surface area contributed by atoms with Gasteiger partial charge in [0, 0.05) is 23.9 Å². The van der Waals surface area contributed by atoms with Gasteiger partial charge in [0.05, 0.1) is 18.2 Å². The van der Waals surface area contributed by atoms with Gasteiger partial charge in [0.25, 0.3) is 5.56 Å². The molecule has 0 bridgehead atoms. The Bertz CT molecular complexity index is 1060. The minimum Gasteiger partial charge on any atom is -0.334 e. The van der Waals surface area contributed by atoms with E-state index < -0.39 is 0 Å². The molecule has 0 aromatic carbocycles. The Labute approximate surface area is 155 Å². The summed E-state index contributed by atoms with van der Waals surface area (Å²) in [5.41, 5.74) is 3.82. The maximum absolute atomic E-state index is 12.9. The van der Waals surface area contributed by atoms with E-state index in [0.29, 0.717) is 29.1 Å². The van der Waals surface area contributed by atoms with E-state index in [0.717, 1.165) is 30.7 Å². The molecule has 1 N–H and O–H groups in total. The van der Waals surface area contributed by atoms with Crippen LogP contribution in [0.25, 0.3) is 5.65 Å². The topological polar surface area (TPSA) is 109 Å². The first-order valence-corrected chi connectivity index (χ1v) is 9.12. The number of amides is 1. The van der Waals surface area contributed by atoms with Gasteiger partial charge in [0.15, 0.2) is 5.65 Å². The summed E-state index contributed by atoms with van der Waals surface area (Å²) in [6.07, 6.45) is 2.97. The highest BCUT2D eigenvalue weighted by molar-refractivity contribution is 5.79. The number of aryl methyl sites for hydroxylation is 2. The minimum atomic E-state index is -0.117. The molecule has 0 spiro atoms. The van der Waals surface area contributed by atoms with Crippen molar-refractivity contribution in [3.63, 3.8) is 0 Å². The summed E-state index contributed by atoms with van der Waals surface area (Å²) in [5, 5.41) is 10.7. The van der Waals surface area contributed by atoms with Crippen molar-refractivity contribution >= 4 is 11.6 Å². The molecule has 9 heteroatoms. The maximum Gasteiger partial charge on any atom is 0.275 e. The molecule has 4 rings (SSSR count). The fraction of sp³-hybridized carbons (Fsp3) is 0.500. The van der Waals surface area contributed by atoms with Crippen LogP contribution in [0.5, 0.6) is 0 Å². The van der Waals surface area contributed by atoms with Crippen LogP contribution in [0.3, 0.4) is 0 Å². The zero-order valence-electron chi connectivity index (χ0n) is 15.7. The maximum atomic E-state index is 12.9. The normalized spacial score (nSPS) is 17.6. The number of nitrogens with one attached hydrogen (secondary N) is 1. The number of hydrogen-bond acceptors (Lipinski definition) is 6. The minimum absolute atomic E-state index is 0.0233. The summed E-state index contributed by atoms with van der Waals surface area (Å²) in [5.74, 6) is -0.0233. The number of rotatable bonds is 3. The molecule has 27 heavy (non-hydrogen) atoms. The van der Waals surface area contributed by atoms with Gasteiger partial charge < -0.3 is 4.90 Å². The van der Waals surface area contributed by atoms with E-state index >= 15 is 0 Å². The van der Waals surface area contributed by atoms with Crippen molar-refractivity contribution in [1.82, 2.24) is 29.8 Å². The molecule has 142 valence electrons. The third-order valence-electron chi connectivity index (χ3n) is 5.35. The molecule has 1 aliphatic heterocycles. The second kappa shape index (κ2) is 6.64. The molecule has 3 aromatic rings. The van der Waals surface area contributed by atoms with Crippen LogP contribution in [0.15, 0.2) is 15.5 Å². The van der Waals surface area contributed by atoms with Gasteiger partial charge >= 0.3 is 0 Å². The van der Waals surface area contributed by atoms with Gasteiger partial charge in [0.1, 0.15) is 11.4 Å². The molecular weight excluding hydrogens is 348 g/mol. The Balaban J connectivity index is 1.67. The molecule has 1 aliphatic rings. The number of aromatic amines is 1. The van der Waals surface area contributed by atoms with Crippen molar-refractivity contribution in [2.45, 2.75) is 52.5 Å². The number of H-pyrrole nitrogens is 1. The van der Waals surface area contributed by atoms with E-state index in [9.17, 15) is 9.59 Å². The Morgan fingerprint density at radius 1 is 1.26 bits per heavy atom. The van der Waals surface area contributed by atoms with Gasteiger partial charge in [0.2, 0.25) is 5.91 Å². The van der Waals surface area contributed by atoms with Crippen LogP contribution < -0.4 is 5.56 Å². The fourth-order valence-electron chi connectivity index (χ4n) is 3.62. The second-order valence-electron chi connectivity index (χ2n) is 7.10. The Hall–Kier alpha value is -2.97. The van der Waals surface area contributed by atoms with Crippen LogP contribution in [0.2, 0.25) is 0 Å². The van der Waals surface area contributed by atoms with E-state index in [-0.39, 0.29) is 23.9 Å². The molecule has 0 saturated carbocycles. The number of hydrogen-bond donors (Lipinski definition) is 1. The number of carbonyl (C=O) groups is 1. The molecule has 0 radical (unpaired) electrons.